The van der Waals surface area contributed by atoms with Crippen LogP contribution in [0.3, 0.4) is 0 Å². The zero-order chi connectivity index (χ0) is 12.2. The summed E-state index contributed by atoms with van der Waals surface area (Å²) in [5, 5.41) is 3.60. The molecule has 1 saturated heterocycles. The predicted molar refractivity (Wildman–Crippen MR) is 67.4 cm³/mol. The Labute approximate surface area is 104 Å². The topological polar surface area (TPSA) is 32.3 Å². The van der Waals surface area contributed by atoms with Crippen molar-refractivity contribution in [2.75, 3.05) is 0 Å². The van der Waals surface area contributed by atoms with Crippen molar-refractivity contribution < 1.29 is 4.79 Å². The van der Waals surface area contributed by atoms with Gasteiger partial charge in [0.25, 0.3) is 0 Å². The number of carbonyl (C=O) groups is 1. The Kier molecular flexibility index (Phi) is 2.51. The van der Waals surface area contributed by atoms with Crippen LogP contribution in [0.4, 0.5) is 0 Å². The van der Waals surface area contributed by atoms with Crippen LogP contribution in [0.5, 0.6) is 0 Å². The van der Waals surface area contributed by atoms with Crippen molar-refractivity contribution in [1.82, 2.24) is 10.2 Å². The fraction of sp³-hybridized carbons (Fsp3) is 0.929. The molecule has 3 heteroatoms. The second kappa shape index (κ2) is 3.71. The van der Waals surface area contributed by atoms with Crippen LogP contribution in [0.2, 0.25) is 0 Å². The van der Waals surface area contributed by atoms with Crippen LogP contribution in [0.25, 0.3) is 0 Å². The SMILES string of the molecule is CCCC1CC1N1C(=O)C2(CC2)NC1C(C)C. The molecule has 3 unspecified atom stereocenters. The molecule has 2 saturated carbocycles. The van der Waals surface area contributed by atoms with Gasteiger partial charge < -0.3 is 4.90 Å². The first kappa shape index (κ1) is 11.5. The van der Waals surface area contributed by atoms with Gasteiger partial charge in [-0.3, -0.25) is 10.1 Å². The third-order valence-corrected chi connectivity index (χ3v) is 4.65. The number of hydrogen-bond acceptors (Lipinski definition) is 2. The van der Waals surface area contributed by atoms with Gasteiger partial charge in [-0.1, -0.05) is 27.2 Å². The molecule has 3 nitrogen and oxygen atoms in total. The molecule has 3 rings (SSSR count). The summed E-state index contributed by atoms with van der Waals surface area (Å²) < 4.78 is 0. The molecule has 1 aliphatic heterocycles. The number of hydrogen-bond donors (Lipinski definition) is 1. The second-order valence-electron chi connectivity index (χ2n) is 6.48. The summed E-state index contributed by atoms with van der Waals surface area (Å²) in [7, 11) is 0. The minimum atomic E-state index is -0.131. The average molecular weight is 236 g/mol. The van der Waals surface area contributed by atoms with E-state index in [2.05, 4.69) is 31.0 Å². The average Bonchev–Trinajstić information content (AvgIpc) is 3.14. The molecule has 1 spiro atoms. The van der Waals surface area contributed by atoms with Gasteiger partial charge in [-0.15, -0.1) is 0 Å². The van der Waals surface area contributed by atoms with E-state index in [9.17, 15) is 4.79 Å². The minimum Gasteiger partial charge on any atom is -0.322 e. The molecule has 1 heterocycles. The predicted octanol–water partition coefficient (Wildman–Crippen LogP) is 2.12. The highest BCUT2D eigenvalue weighted by Crippen LogP contribution is 2.49. The largest absolute Gasteiger partial charge is 0.322 e. The van der Waals surface area contributed by atoms with Gasteiger partial charge in [0.1, 0.15) is 0 Å². The molecule has 3 aliphatic rings. The smallest absolute Gasteiger partial charge is 0.244 e. The quantitative estimate of drug-likeness (QED) is 0.811. The monoisotopic (exact) mass is 236 g/mol. The molecule has 3 fully saturated rings. The van der Waals surface area contributed by atoms with Crippen molar-refractivity contribution in [3.63, 3.8) is 0 Å². The number of nitrogens with one attached hydrogen (secondary N) is 1. The summed E-state index contributed by atoms with van der Waals surface area (Å²) in [5.74, 6) is 1.70. The van der Waals surface area contributed by atoms with Gasteiger partial charge in [0.15, 0.2) is 0 Å². The van der Waals surface area contributed by atoms with E-state index in [0.717, 1.165) is 18.8 Å². The maximum Gasteiger partial charge on any atom is 0.244 e. The standard InChI is InChI=1S/C14H24N2O/c1-4-5-10-8-11(10)16-12(9(2)3)15-14(6-7-14)13(16)17/h9-12,15H,4-8H2,1-3H3. The van der Waals surface area contributed by atoms with Crippen LogP contribution in [-0.4, -0.2) is 28.6 Å². The highest BCUT2D eigenvalue weighted by atomic mass is 16.2. The number of amides is 1. The van der Waals surface area contributed by atoms with Crippen LogP contribution in [-0.2, 0) is 4.79 Å². The number of carbonyl (C=O) groups excluding carboxylic acids is 1. The lowest BCUT2D eigenvalue weighted by atomic mass is 10.1. The van der Waals surface area contributed by atoms with Gasteiger partial charge in [0, 0.05) is 6.04 Å². The lowest BCUT2D eigenvalue weighted by Gasteiger charge is -2.27. The van der Waals surface area contributed by atoms with Crippen LogP contribution in [0, 0.1) is 11.8 Å². The molecule has 0 aromatic rings. The summed E-state index contributed by atoms with van der Waals surface area (Å²) in [4.78, 5) is 14.7. The van der Waals surface area contributed by atoms with Crippen molar-refractivity contribution in [2.45, 2.75) is 70.6 Å². The van der Waals surface area contributed by atoms with Gasteiger partial charge in [-0.25, -0.2) is 0 Å². The summed E-state index contributed by atoms with van der Waals surface area (Å²) in [6.45, 7) is 6.68. The van der Waals surface area contributed by atoms with E-state index >= 15 is 0 Å². The lowest BCUT2D eigenvalue weighted by molar-refractivity contribution is -0.132. The summed E-state index contributed by atoms with van der Waals surface area (Å²) >= 11 is 0. The number of rotatable bonds is 4. The third-order valence-electron chi connectivity index (χ3n) is 4.65. The zero-order valence-electron chi connectivity index (χ0n) is 11.2. The lowest BCUT2D eigenvalue weighted by Crippen LogP contribution is -2.43. The molecule has 17 heavy (non-hydrogen) atoms. The van der Waals surface area contributed by atoms with Crippen molar-refractivity contribution in [3.8, 4) is 0 Å². The van der Waals surface area contributed by atoms with Crippen LogP contribution in [0.1, 0.15) is 52.9 Å². The Hall–Kier alpha value is -0.570. The summed E-state index contributed by atoms with van der Waals surface area (Å²) in [5.41, 5.74) is -0.131. The van der Waals surface area contributed by atoms with Crippen molar-refractivity contribution >= 4 is 5.91 Å². The summed E-state index contributed by atoms with van der Waals surface area (Å²) in [6.07, 6.45) is 6.16. The Morgan fingerprint density at radius 3 is 2.71 bits per heavy atom. The van der Waals surface area contributed by atoms with E-state index in [-0.39, 0.29) is 11.7 Å². The fourth-order valence-corrected chi connectivity index (χ4v) is 3.37. The Balaban J connectivity index is 1.75. The van der Waals surface area contributed by atoms with Gasteiger partial charge >= 0.3 is 0 Å². The van der Waals surface area contributed by atoms with Gasteiger partial charge in [-0.2, -0.15) is 0 Å². The second-order valence-corrected chi connectivity index (χ2v) is 6.48. The molecule has 0 bridgehead atoms. The van der Waals surface area contributed by atoms with Crippen LogP contribution < -0.4 is 5.32 Å². The first-order valence-corrected chi connectivity index (χ1v) is 7.19. The minimum absolute atomic E-state index is 0.131. The fourth-order valence-electron chi connectivity index (χ4n) is 3.37. The van der Waals surface area contributed by atoms with E-state index in [0.29, 0.717) is 17.9 Å². The third kappa shape index (κ3) is 1.70. The maximum atomic E-state index is 12.5. The zero-order valence-corrected chi connectivity index (χ0v) is 11.2. The van der Waals surface area contributed by atoms with Crippen molar-refractivity contribution in [1.29, 1.82) is 0 Å². The van der Waals surface area contributed by atoms with Gasteiger partial charge in [0.2, 0.25) is 5.91 Å². The first-order valence-electron chi connectivity index (χ1n) is 7.19. The Bertz CT molecular complexity index is 335. The van der Waals surface area contributed by atoms with Crippen LogP contribution >= 0.6 is 0 Å². The molecule has 0 aromatic heterocycles. The Morgan fingerprint density at radius 1 is 1.47 bits per heavy atom. The Morgan fingerprint density at radius 2 is 2.18 bits per heavy atom. The van der Waals surface area contributed by atoms with E-state index in [1.54, 1.807) is 0 Å². The van der Waals surface area contributed by atoms with Gasteiger partial charge in [-0.05, 0) is 37.5 Å². The van der Waals surface area contributed by atoms with Crippen molar-refractivity contribution in [2.24, 2.45) is 11.8 Å². The molecule has 1 amide bonds. The van der Waals surface area contributed by atoms with Crippen LogP contribution in [0.15, 0.2) is 0 Å². The molecule has 0 radical (unpaired) electrons. The highest BCUT2D eigenvalue weighted by Gasteiger charge is 2.63. The summed E-state index contributed by atoms with van der Waals surface area (Å²) in [6, 6.07) is 0.544. The molecule has 3 atom stereocenters. The van der Waals surface area contributed by atoms with Gasteiger partial charge in [0.05, 0.1) is 11.7 Å². The number of nitrogens with zero attached hydrogens (tertiary/aromatic N) is 1. The molecular formula is C14H24N2O. The van der Waals surface area contributed by atoms with E-state index in [4.69, 9.17) is 0 Å². The molecule has 2 aliphatic carbocycles. The molecule has 0 aromatic carbocycles. The highest BCUT2D eigenvalue weighted by molar-refractivity contribution is 5.92. The van der Waals surface area contributed by atoms with Crippen molar-refractivity contribution in [3.05, 3.63) is 0 Å². The molecule has 96 valence electrons. The van der Waals surface area contributed by atoms with E-state index in [1.165, 1.54) is 19.3 Å². The molecule has 1 N–H and O–H groups in total. The maximum absolute atomic E-state index is 12.5. The molecular weight excluding hydrogens is 212 g/mol. The first-order chi connectivity index (χ1) is 8.09. The van der Waals surface area contributed by atoms with E-state index in [1.807, 2.05) is 0 Å². The normalized spacial score (nSPS) is 38.2. The van der Waals surface area contributed by atoms with E-state index < -0.39 is 0 Å².